The van der Waals surface area contributed by atoms with Crippen molar-refractivity contribution in [1.82, 2.24) is 9.97 Å². The molecule has 0 saturated carbocycles. The fourth-order valence-corrected chi connectivity index (χ4v) is 1.78. The lowest BCUT2D eigenvalue weighted by atomic mass is 9.94. The second-order valence-corrected chi connectivity index (χ2v) is 4.74. The van der Waals surface area contributed by atoms with Crippen LogP contribution in [0.3, 0.4) is 0 Å². The van der Waals surface area contributed by atoms with Crippen molar-refractivity contribution >= 4 is 17.4 Å². The zero-order valence-electron chi connectivity index (χ0n) is 9.81. The van der Waals surface area contributed by atoms with Gasteiger partial charge in [0.2, 0.25) is 0 Å². The molecular formula is C13H14ClN3. The van der Waals surface area contributed by atoms with Gasteiger partial charge in [-0.1, -0.05) is 41.9 Å². The molecule has 1 aromatic carbocycles. The summed E-state index contributed by atoms with van der Waals surface area (Å²) in [6.45, 7) is 4.17. The van der Waals surface area contributed by atoms with Gasteiger partial charge in [0, 0.05) is 0 Å². The van der Waals surface area contributed by atoms with Crippen LogP contribution in [-0.2, 0) is 5.54 Å². The highest BCUT2D eigenvalue weighted by Gasteiger charge is 2.21. The first-order chi connectivity index (χ1) is 8.09. The van der Waals surface area contributed by atoms with Crippen LogP contribution in [-0.4, -0.2) is 9.97 Å². The van der Waals surface area contributed by atoms with Crippen LogP contribution < -0.4 is 5.32 Å². The molecule has 0 aliphatic carbocycles. The minimum absolute atomic E-state index is 0.237. The highest BCUT2D eigenvalue weighted by molar-refractivity contribution is 6.32. The number of anilines is 1. The van der Waals surface area contributed by atoms with Crippen LogP contribution in [0.1, 0.15) is 19.4 Å². The van der Waals surface area contributed by atoms with E-state index >= 15 is 0 Å². The third kappa shape index (κ3) is 2.74. The summed E-state index contributed by atoms with van der Waals surface area (Å²) in [6.07, 6.45) is 3.06. The van der Waals surface area contributed by atoms with Crippen LogP contribution in [0.2, 0.25) is 5.02 Å². The van der Waals surface area contributed by atoms with E-state index in [4.69, 9.17) is 11.6 Å². The molecule has 0 atom stereocenters. The molecule has 0 spiro atoms. The lowest BCUT2D eigenvalue weighted by Crippen LogP contribution is -2.28. The van der Waals surface area contributed by atoms with Gasteiger partial charge in [-0.15, -0.1) is 0 Å². The van der Waals surface area contributed by atoms with Gasteiger partial charge < -0.3 is 5.32 Å². The maximum atomic E-state index is 6.03. The Kier molecular flexibility index (Phi) is 3.29. The van der Waals surface area contributed by atoms with Crippen LogP contribution >= 0.6 is 11.6 Å². The molecule has 1 N–H and O–H groups in total. The molecule has 0 aliphatic rings. The van der Waals surface area contributed by atoms with E-state index in [2.05, 4.69) is 41.3 Å². The predicted octanol–water partition coefficient (Wildman–Crippen LogP) is 3.48. The molecule has 1 heterocycles. The first-order valence-electron chi connectivity index (χ1n) is 5.39. The lowest BCUT2D eigenvalue weighted by molar-refractivity contribution is 0.605. The van der Waals surface area contributed by atoms with Crippen molar-refractivity contribution < 1.29 is 0 Å². The molecule has 2 aromatic rings. The lowest BCUT2D eigenvalue weighted by Gasteiger charge is -2.27. The Morgan fingerprint density at radius 3 is 2.53 bits per heavy atom. The Morgan fingerprint density at radius 2 is 1.88 bits per heavy atom. The SMILES string of the molecule is CC(C)(Nc1ncncc1Cl)c1ccccc1. The molecule has 0 radical (unpaired) electrons. The topological polar surface area (TPSA) is 37.8 Å². The number of nitrogens with one attached hydrogen (secondary N) is 1. The largest absolute Gasteiger partial charge is 0.360 e. The van der Waals surface area contributed by atoms with Crippen molar-refractivity contribution in [2.45, 2.75) is 19.4 Å². The Labute approximate surface area is 106 Å². The van der Waals surface area contributed by atoms with Crippen molar-refractivity contribution in [2.24, 2.45) is 0 Å². The summed E-state index contributed by atoms with van der Waals surface area (Å²) >= 11 is 6.03. The summed E-state index contributed by atoms with van der Waals surface area (Å²) in [7, 11) is 0. The van der Waals surface area contributed by atoms with Crippen LogP contribution in [0.25, 0.3) is 0 Å². The van der Waals surface area contributed by atoms with Crippen molar-refractivity contribution in [1.29, 1.82) is 0 Å². The average Bonchev–Trinajstić information content (AvgIpc) is 2.33. The maximum Gasteiger partial charge on any atom is 0.148 e. The minimum Gasteiger partial charge on any atom is -0.360 e. The highest BCUT2D eigenvalue weighted by atomic mass is 35.5. The minimum atomic E-state index is -0.237. The van der Waals surface area contributed by atoms with Crippen molar-refractivity contribution in [3.8, 4) is 0 Å². The molecule has 2 rings (SSSR count). The summed E-state index contributed by atoms with van der Waals surface area (Å²) < 4.78 is 0. The molecule has 0 fully saturated rings. The standard InChI is InChI=1S/C13H14ClN3/c1-13(2,10-6-4-3-5-7-10)17-12-11(14)8-15-9-16-12/h3-9H,1-2H3,(H,15,16,17). The Morgan fingerprint density at radius 1 is 1.18 bits per heavy atom. The van der Waals surface area contributed by atoms with Crippen LogP contribution in [0.4, 0.5) is 5.82 Å². The van der Waals surface area contributed by atoms with Crippen LogP contribution in [0.15, 0.2) is 42.9 Å². The number of rotatable bonds is 3. The number of halogens is 1. The Balaban J connectivity index is 2.27. The number of aromatic nitrogens is 2. The van der Waals surface area contributed by atoms with Crippen molar-refractivity contribution in [2.75, 3.05) is 5.32 Å². The van der Waals surface area contributed by atoms with E-state index in [0.717, 1.165) is 0 Å². The Bertz CT molecular complexity index is 497. The maximum absolute atomic E-state index is 6.03. The van der Waals surface area contributed by atoms with E-state index in [9.17, 15) is 0 Å². The summed E-state index contributed by atoms with van der Waals surface area (Å²) in [4.78, 5) is 8.00. The van der Waals surface area contributed by atoms with E-state index in [-0.39, 0.29) is 5.54 Å². The van der Waals surface area contributed by atoms with E-state index in [1.54, 1.807) is 6.20 Å². The highest BCUT2D eigenvalue weighted by Crippen LogP contribution is 2.27. The average molecular weight is 248 g/mol. The molecule has 0 aliphatic heterocycles. The van der Waals surface area contributed by atoms with Gasteiger partial charge in [-0.05, 0) is 19.4 Å². The summed E-state index contributed by atoms with van der Waals surface area (Å²) in [6, 6.07) is 10.2. The van der Waals surface area contributed by atoms with Crippen molar-refractivity contribution in [3.63, 3.8) is 0 Å². The fourth-order valence-electron chi connectivity index (χ4n) is 1.63. The van der Waals surface area contributed by atoms with E-state index in [1.807, 2.05) is 18.2 Å². The third-order valence-electron chi connectivity index (χ3n) is 2.59. The summed E-state index contributed by atoms with van der Waals surface area (Å²) in [5.41, 5.74) is 0.939. The van der Waals surface area contributed by atoms with E-state index in [1.165, 1.54) is 11.9 Å². The van der Waals surface area contributed by atoms with Gasteiger partial charge >= 0.3 is 0 Å². The summed E-state index contributed by atoms with van der Waals surface area (Å²) in [5, 5.41) is 3.84. The van der Waals surface area contributed by atoms with Crippen molar-refractivity contribution in [3.05, 3.63) is 53.4 Å². The normalized spacial score (nSPS) is 11.2. The molecule has 1 aromatic heterocycles. The van der Waals surface area contributed by atoms with Gasteiger partial charge in [0.05, 0.1) is 11.7 Å². The number of benzene rings is 1. The molecule has 0 bridgehead atoms. The fraction of sp³-hybridized carbons (Fsp3) is 0.231. The molecule has 88 valence electrons. The molecule has 3 nitrogen and oxygen atoms in total. The summed E-state index contributed by atoms with van der Waals surface area (Å²) in [5.74, 6) is 0.649. The number of hydrogen-bond donors (Lipinski definition) is 1. The van der Waals surface area contributed by atoms with Gasteiger partial charge in [-0.3, -0.25) is 0 Å². The quantitative estimate of drug-likeness (QED) is 0.903. The van der Waals surface area contributed by atoms with Crippen LogP contribution in [0, 0.1) is 0 Å². The second-order valence-electron chi connectivity index (χ2n) is 4.34. The molecule has 4 heteroatoms. The number of nitrogens with zero attached hydrogens (tertiary/aromatic N) is 2. The Hall–Kier alpha value is -1.61. The van der Waals surface area contributed by atoms with Gasteiger partial charge in [-0.25, -0.2) is 9.97 Å². The van der Waals surface area contributed by atoms with Gasteiger partial charge in [-0.2, -0.15) is 0 Å². The van der Waals surface area contributed by atoms with E-state index in [0.29, 0.717) is 10.8 Å². The van der Waals surface area contributed by atoms with Gasteiger partial charge in [0.25, 0.3) is 0 Å². The first-order valence-corrected chi connectivity index (χ1v) is 5.76. The predicted molar refractivity (Wildman–Crippen MR) is 70.1 cm³/mol. The zero-order valence-corrected chi connectivity index (χ0v) is 10.6. The van der Waals surface area contributed by atoms with E-state index < -0.39 is 0 Å². The monoisotopic (exact) mass is 247 g/mol. The number of hydrogen-bond acceptors (Lipinski definition) is 3. The van der Waals surface area contributed by atoms with Crippen LogP contribution in [0.5, 0.6) is 0 Å². The zero-order chi connectivity index (χ0) is 12.3. The second kappa shape index (κ2) is 4.72. The van der Waals surface area contributed by atoms with Gasteiger partial charge in [0.1, 0.15) is 17.2 Å². The molecule has 0 unspecified atom stereocenters. The first kappa shape index (κ1) is 11.9. The molecular weight excluding hydrogens is 234 g/mol. The molecule has 0 saturated heterocycles. The molecule has 17 heavy (non-hydrogen) atoms. The molecule has 0 amide bonds. The van der Waals surface area contributed by atoms with Gasteiger partial charge in [0.15, 0.2) is 0 Å². The smallest absolute Gasteiger partial charge is 0.148 e. The third-order valence-corrected chi connectivity index (χ3v) is 2.87.